The van der Waals surface area contributed by atoms with Gasteiger partial charge in [-0.1, -0.05) is 38.5 Å². The molecular formula is C14H24O3. The minimum absolute atomic E-state index is 0.225. The van der Waals surface area contributed by atoms with Crippen molar-refractivity contribution in [3.8, 4) is 11.8 Å². The highest BCUT2D eigenvalue weighted by Gasteiger charge is 2.04. The van der Waals surface area contributed by atoms with E-state index in [0.29, 0.717) is 6.42 Å². The fourth-order valence-corrected chi connectivity index (χ4v) is 1.44. The van der Waals surface area contributed by atoms with Gasteiger partial charge in [0, 0.05) is 12.8 Å². The summed E-state index contributed by atoms with van der Waals surface area (Å²) in [4.78, 5) is 10.8. The summed E-state index contributed by atoms with van der Waals surface area (Å²) in [5, 5.41) is 9.45. The van der Waals surface area contributed by atoms with E-state index in [2.05, 4.69) is 23.5 Å². The molecule has 0 aliphatic carbocycles. The average Bonchev–Trinajstić information content (AvgIpc) is 2.34. The molecule has 0 fully saturated rings. The molecule has 1 atom stereocenters. The fourth-order valence-electron chi connectivity index (χ4n) is 1.44. The Balaban J connectivity index is 3.47. The second-order valence-corrected chi connectivity index (χ2v) is 4.12. The number of aliphatic hydroxyl groups excluding tert-OH is 1. The molecule has 17 heavy (non-hydrogen) atoms. The van der Waals surface area contributed by atoms with Crippen LogP contribution in [0.25, 0.3) is 0 Å². The van der Waals surface area contributed by atoms with Crippen LogP contribution in [0.4, 0.5) is 0 Å². The maximum Gasteiger partial charge on any atom is 0.305 e. The first kappa shape index (κ1) is 16.0. The van der Waals surface area contributed by atoms with Crippen molar-refractivity contribution in [2.24, 2.45) is 0 Å². The van der Waals surface area contributed by atoms with Gasteiger partial charge in [-0.05, 0) is 12.8 Å². The van der Waals surface area contributed by atoms with E-state index in [0.717, 1.165) is 12.8 Å². The van der Waals surface area contributed by atoms with Crippen molar-refractivity contribution in [3.63, 3.8) is 0 Å². The van der Waals surface area contributed by atoms with Crippen LogP contribution in [-0.2, 0) is 9.53 Å². The molecule has 0 aliphatic rings. The molecule has 0 spiro atoms. The number of rotatable bonds is 8. The second kappa shape index (κ2) is 11.5. The normalized spacial score (nSPS) is 11.5. The second-order valence-electron chi connectivity index (χ2n) is 4.12. The molecule has 98 valence electrons. The highest BCUT2D eigenvalue weighted by atomic mass is 16.5. The molecule has 0 bridgehead atoms. The molecule has 0 radical (unpaired) electrons. The molecule has 1 N–H and O–H groups in total. The van der Waals surface area contributed by atoms with Gasteiger partial charge in [-0.25, -0.2) is 0 Å². The Hall–Kier alpha value is -1.01. The Labute approximate surface area is 105 Å². The molecule has 0 aliphatic heterocycles. The van der Waals surface area contributed by atoms with Crippen LogP contribution in [0, 0.1) is 11.8 Å². The van der Waals surface area contributed by atoms with Crippen molar-refractivity contribution in [2.75, 3.05) is 7.11 Å². The molecule has 0 aromatic rings. The highest BCUT2D eigenvalue weighted by molar-refractivity contribution is 5.69. The van der Waals surface area contributed by atoms with Crippen LogP contribution < -0.4 is 0 Å². The summed E-state index contributed by atoms with van der Waals surface area (Å²) in [6.07, 6.45) is 6.81. The van der Waals surface area contributed by atoms with Gasteiger partial charge in [0.1, 0.15) is 6.10 Å². The van der Waals surface area contributed by atoms with Gasteiger partial charge < -0.3 is 9.84 Å². The zero-order valence-electron chi connectivity index (χ0n) is 11.0. The summed E-state index contributed by atoms with van der Waals surface area (Å²) in [5.41, 5.74) is 0. The molecule has 3 nitrogen and oxygen atoms in total. The third-order valence-electron chi connectivity index (χ3n) is 2.52. The zero-order chi connectivity index (χ0) is 12.9. The summed E-state index contributed by atoms with van der Waals surface area (Å²) in [6, 6.07) is 0. The maximum absolute atomic E-state index is 10.8. The minimum atomic E-state index is -0.704. The van der Waals surface area contributed by atoms with Gasteiger partial charge in [0.15, 0.2) is 0 Å². The standard InChI is InChI=1S/C14H24O3/c1-3-4-5-6-7-8-9-10-13(15)11-12-14(16)17-2/h13,15H,3-8,11-12H2,1-2H3. The number of methoxy groups -OCH3 is 1. The van der Waals surface area contributed by atoms with Crippen LogP contribution in [0.2, 0.25) is 0 Å². The largest absolute Gasteiger partial charge is 0.469 e. The average molecular weight is 240 g/mol. The Morgan fingerprint density at radius 2 is 2.00 bits per heavy atom. The van der Waals surface area contributed by atoms with Crippen LogP contribution in [0.5, 0.6) is 0 Å². The van der Waals surface area contributed by atoms with E-state index in [1.807, 2.05) is 0 Å². The lowest BCUT2D eigenvalue weighted by Crippen LogP contribution is -2.08. The van der Waals surface area contributed by atoms with Crippen molar-refractivity contribution < 1.29 is 14.6 Å². The summed E-state index contributed by atoms with van der Waals surface area (Å²) < 4.78 is 4.48. The molecule has 0 saturated heterocycles. The number of aliphatic hydroxyl groups is 1. The number of hydrogen-bond acceptors (Lipinski definition) is 3. The molecule has 3 heteroatoms. The third kappa shape index (κ3) is 11.3. The van der Waals surface area contributed by atoms with Crippen molar-refractivity contribution in [3.05, 3.63) is 0 Å². The van der Waals surface area contributed by atoms with Crippen molar-refractivity contribution in [1.82, 2.24) is 0 Å². The zero-order valence-corrected chi connectivity index (χ0v) is 11.0. The van der Waals surface area contributed by atoms with E-state index in [4.69, 9.17) is 0 Å². The Morgan fingerprint density at radius 1 is 1.29 bits per heavy atom. The Kier molecular flexibility index (Phi) is 10.8. The van der Waals surface area contributed by atoms with Crippen molar-refractivity contribution in [1.29, 1.82) is 0 Å². The van der Waals surface area contributed by atoms with Gasteiger partial charge in [-0.2, -0.15) is 0 Å². The first-order valence-electron chi connectivity index (χ1n) is 6.44. The van der Waals surface area contributed by atoms with Gasteiger partial charge in [0.05, 0.1) is 7.11 Å². The van der Waals surface area contributed by atoms with Crippen LogP contribution in [-0.4, -0.2) is 24.3 Å². The lowest BCUT2D eigenvalue weighted by Gasteiger charge is -2.01. The number of carbonyl (C=O) groups excluding carboxylic acids is 1. The maximum atomic E-state index is 10.8. The van der Waals surface area contributed by atoms with E-state index in [1.54, 1.807) is 0 Å². The SMILES string of the molecule is CCCCCCCC#CC(O)CCC(=O)OC. The van der Waals surface area contributed by atoms with E-state index < -0.39 is 6.10 Å². The number of hydrogen-bond donors (Lipinski definition) is 1. The molecule has 0 rings (SSSR count). The van der Waals surface area contributed by atoms with Crippen LogP contribution in [0.15, 0.2) is 0 Å². The van der Waals surface area contributed by atoms with Gasteiger partial charge in [0.25, 0.3) is 0 Å². The summed E-state index contributed by atoms with van der Waals surface area (Å²) in [6.45, 7) is 2.19. The van der Waals surface area contributed by atoms with E-state index in [1.165, 1.54) is 32.8 Å². The van der Waals surface area contributed by atoms with Crippen LogP contribution in [0.1, 0.15) is 58.3 Å². The molecular weight excluding hydrogens is 216 g/mol. The quantitative estimate of drug-likeness (QED) is 0.403. The summed E-state index contributed by atoms with van der Waals surface area (Å²) in [5.74, 6) is 5.40. The van der Waals surface area contributed by atoms with Crippen LogP contribution in [0.3, 0.4) is 0 Å². The molecule has 0 saturated carbocycles. The predicted molar refractivity (Wildman–Crippen MR) is 68.4 cm³/mol. The minimum Gasteiger partial charge on any atom is -0.469 e. The van der Waals surface area contributed by atoms with Gasteiger partial charge >= 0.3 is 5.97 Å². The number of esters is 1. The van der Waals surface area contributed by atoms with E-state index in [9.17, 15) is 9.90 Å². The lowest BCUT2D eigenvalue weighted by atomic mass is 10.1. The summed E-state index contributed by atoms with van der Waals surface area (Å²) in [7, 11) is 1.34. The third-order valence-corrected chi connectivity index (χ3v) is 2.52. The Bertz CT molecular complexity index is 250. The molecule has 0 aromatic carbocycles. The monoisotopic (exact) mass is 240 g/mol. The first-order valence-corrected chi connectivity index (χ1v) is 6.44. The molecule has 1 unspecified atom stereocenters. The van der Waals surface area contributed by atoms with Gasteiger partial charge in [0.2, 0.25) is 0 Å². The molecule has 0 amide bonds. The molecule has 0 heterocycles. The Morgan fingerprint density at radius 3 is 2.65 bits per heavy atom. The van der Waals surface area contributed by atoms with Crippen LogP contribution >= 0.6 is 0 Å². The van der Waals surface area contributed by atoms with E-state index >= 15 is 0 Å². The smallest absolute Gasteiger partial charge is 0.305 e. The lowest BCUT2D eigenvalue weighted by molar-refractivity contribution is -0.141. The number of carbonyl (C=O) groups is 1. The topological polar surface area (TPSA) is 46.5 Å². The van der Waals surface area contributed by atoms with Gasteiger partial charge in [-0.3, -0.25) is 4.79 Å². The van der Waals surface area contributed by atoms with Crippen molar-refractivity contribution in [2.45, 2.75) is 64.4 Å². The molecule has 0 aromatic heterocycles. The summed E-state index contributed by atoms with van der Waals surface area (Å²) >= 11 is 0. The predicted octanol–water partition coefficient (Wildman–Crippen LogP) is 2.66. The van der Waals surface area contributed by atoms with Crippen molar-refractivity contribution >= 4 is 5.97 Å². The fraction of sp³-hybridized carbons (Fsp3) is 0.786. The van der Waals surface area contributed by atoms with Gasteiger partial charge in [-0.15, -0.1) is 5.92 Å². The van der Waals surface area contributed by atoms with E-state index in [-0.39, 0.29) is 12.4 Å². The number of unbranched alkanes of at least 4 members (excludes halogenated alkanes) is 5. The first-order chi connectivity index (χ1) is 8.20. The number of ether oxygens (including phenoxy) is 1. The highest BCUT2D eigenvalue weighted by Crippen LogP contribution is 2.04.